The predicted molar refractivity (Wildman–Crippen MR) is 176 cm³/mol. The molecule has 0 aliphatic carbocycles. The Morgan fingerprint density at radius 2 is 1.58 bits per heavy atom. The zero-order valence-electron chi connectivity index (χ0n) is 25.1. The van der Waals surface area contributed by atoms with E-state index in [0.717, 1.165) is 9.47 Å². The fourth-order valence-electron chi connectivity index (χ4n) is 4.61. The number of nitrogens with zero attached hydrogens (tertiary/aromatic N) is 2. The monoisotopic (exact) mass is 646 g/mol. The average Bonchev–Trinajstić information content (AvgIpc) is 3.07. The third kappa shape index (κ3) is 7.24. The molecule has 3 aromatic carbocycles. The smallest absolute Gasteiger partial charge is 0.326 e. The first-order valence-electron chi connectivity index (χ1n) is 14.2. The van der Waals surface area contributed by atoms with Crippen molar-refractivity contribution in [1.29, 1.82) is 5.41 Å². The van der Waals surface area contributed by atoms with E-state index < -0.39 is 29.1 Å². The van der Waals surface area contributed by atoms with Crippen molar-refractivity contribution in [3.8, 4) is 11.4 Å². The normalized spacial score (nSPS) is 14.2. The van der Waals surface area contributed by atoms with Gasteiger partial charge in [0, 0.05) is 18.8 Å². The van der Waals surface area contributed by atoms with Gasteiger partial charge in [-0.2, -0.15) is 0 Å². The molecule has 1 aliphatic heterocycles. The van der Waals surface area contributed by atoms with Crippen LogP contribution in [-0.2, 0) is 19.3 Å². The number of rotatable bonds is 10. The molecule has 4 aromatic rings. The van der Waals surface area contributed by atoms with Gasteiger partial charge in [0.1, 0.15) is 5.57 Å². The second kappa shape index (κ2) is 14.3. The molecule has 1 aliphatic rings. The first-order chi connectivity index (χ1) is 23.2. The Balaban J connectivity index is 1.48. The largest absolute Gasteiger partial charge is 0.335 e. The number of carbonyl (C=O) groups is 4. The number of anilines is 2. The Labute approximate surface area is 271 Å². The van der Waals surface area contributed by atoms with Crippen molar-refractivity contribution in [2.45, 2.75) is 6.92 Å². The Kier molecular flexibility index (Phi) is 9.65. The number of carbonyl (C=O) groups excluding carboxylic acids is 4. The van der Waals surface area contributed by atoms with Crippen LogP contribution in [0.25, 0.3) is 17.3 Å². The Hall–Kier alpha value is -7.09. The highest BCUT2D eigenvalue weighted by Gasteiger charge is 2.36. The maximum atomic E-state index is 13.4. The molecule has 2 heterocycles. The van der Waals surface area contributed by atoms with Gasteiger partial charge < -0.3 is 10.3 Å². The van der Waals surface area contributed by atoms with E-state index in [4.69, 9.17) is 10.3 Å². The number of aromatic amines is 1. The minimum atomic E-state index is -0.946. The van der Waals surface area contributed by atoms with Crippen molar-refractivity contribution >= 4 is 53.2 Å². The summed E-state index contributed by atoms with van der Waals surface area (Å²) in [4.78, 5) is 88.8. The number of benzene rings is 3. The second-order valence-corrected chi connectivity index (χ2v) is 10.0. The maximum Gasteiger partial charge on any atom is 0.335 e. The molecule has 1 aromatic heterocycles. The molecule has 0 radical (unpaired) electrons. The van der Waals surface area contributed by atoms with Gasteiger partial charge in [0.25, 0.3) is 17.4 Å². The fourth-order valence-corrected chi connectivity index (χ4v) is 4.61. The summed E-state index contributed by atoms with van der Waals surface area (Å²) in [5.74, 6) is -1.85. The lowest BCUT2D eigenvalue weighted by Gasteiger charge is -2.26. The van der Waals surface area contributed by atoms with Crippen LogP contribution >= 0.6 is 0 Å². The highest BCUT2D eigenvalue weighted by Crippen LogP contribution is 2.24. The van der Waals surface area contributed by atoms with Gasteiger partial charge in [-0.15, -0.1) is 0 Å². The molecule has 0 saturated carbocycles. The van der Waals surface area contributed by atoms with E-state index in [1.807, 2.05) is 0 Å². The van der Waals surface area contributed by atoms with E-state index in [2.05, 4.69) is 20.5 Å². The number of allylic oxidation sites excluding steroid dienone is 4. The van der Waals surface area contributed by atoms with Crippen molar-refractivity contribution in [3.05, 3.63) is 141 Å². The van der Waals surface area contributed by atoms with Crippen LogP contribution in [0.2, 0.25) is 0 Å². The SMILES string of the molecule is CC(=O)Nc1ccc(-n2c(=O)[nH]cc(C=CC(=CC=C3C(=O)NC(=O)N(c4ccc(OOC=N)cc4)C3=O)c3ccccc3)c2=O)cc1. The molecule has 14 heteroatoms. The number of barbiturate groups is 1. The molecule has 48 heavy (non-hydrogen) atoms. The first kappa shape index (κ1) is 32.3. The quantitative estimate of drug-likeness (QED) is 0.0381. The molecule has 240 valence electrons. The zero-order chi connectivity index (χ0) is 34.2. The minimum absolute atomic E-state index is 0.122. The molecule has 0 atom stereocenters. The van der Waals surface area contributed by atoms with E-state index in [9.17, 15) is 28.8 Å². The van der Waals surface area contributed by atoms with Gasteiger partial charge in [-0.05, 0) is 71.8 Å². The minimum Gasteiger partial charge on any atom is -0.326 e. The molecule has 5 rings (SSSR count). The summed E-state index contributed by atoms with van der Waals surface area (Å²) in [7, 11) is 0. The third-order valence-electron chi connectivity index (χ3n) is 6.82. The van der Waals surface area contributed by atoms with Crippen LogP contribution in [0, 0.1) is 5.41 Å². The summed E-state index contributed by atoms with van der Waals surface area (Å²) < 4.78 is 0.946. The highest BCUT2D eigenvalue weighted by atomic mass is 17.2. The number of H-pyrrole nitrogens is 1. The Bertz CT molecular complexity index is 2110. The number of amides is 5. The van der Waals surface area contributed by atoms with Crippen LogP contribution in [0.4, 0.5) is 16.2 Å². The van der Waals surface area contributed by atoms with E-state index in [-0.39, 0.29) is 34.2 Å². The third-order valence-corrected chi connectivity index (χ3v) is 6.82. The second-order valence-electron chi connectivity index (χ2n) is 10.0. The molecular weight excluding hydrogens is 620 g/mol. The maximum absolute atomic E-state index is 13.4. The van der Waals surface area contributed by atoms with Crippen molar-refractivity contribution in [2.75, 3.05) is 10.2 Å². The standard InChI is InChI=1S/C34H26N6O8/c1-21(41)37-25-10-12-26(13-11-25)39-31(43)24(19-36-33(39)45)8-7-23(22-5-3-2-4-6-22)9-18-29-30(42)38-34(46)40(32(29)44)27-14-16-28(17-15-27)48-47-20-35/h2-20,35H,1H3,(H,36,45)(H,37,41)(H,38,42,46). The summed E-state index contributed by atoms with van der Waals surface area (Å²) in [6.07, 6.45) is 7.65. The van der Waals surface area contributed by atoms with Gasteiger partial charge in [-0.3, -0.25) is 39.7 Å². The van der Waals surface area contributed by atoms with Crippen LogP contribution in [0.1, 0.15) is 18.1 Å². The van der Waals surface area contributed by atoms with E-state index in [0.29, 0.717) is 23.2 Å². The number of hydrogen-bond acceptors (Lipinski definition) is 9. The van der Waals surface area contributed by atoms with E-state index in [1.165, 1.54) is 67.7 Å². The van der Waals surface area contributed by atoms with Crippen molar-refractivity contribution in [3.63, 3.8) is 0 Å². The molecule has 0 spiro atoms. The van der Waals surface area contributed by atoms with Crippen molar-refractivity contribution in [2.24, 2.45) is 0 Å². The molecule has 1 saturated heterocycles. The molecule has 1 fully saturated rings. The summed E-state index contributed by atoms with van der Waals surface area (Å²) >= 11 is 0. The van der Waals surface area contributed by atoms with Crippen molar-refractivity contribution in [1.82, 2.24) is 14.9 Å². The number of nitrogens with one attached hydrogen (secondary N) is 4. The van der Waals surface area contributed by atoms with Crippen molar-refractivity contribution < 1.29 is 29.0 Å². The molecule has 14 nitrogen and oxygen atoms in total. The summed E-state index contributed by atoms with van der Waals surface area (Å²) in [5, 5.41) is 11.6. The number of hydrogen-bond donors (Lipinski definition) is 4. The lowest BCUT2D eigenvalue weighted by molar-refractivity contribution is -0.122. The van der Waals surface area contributed by atoms with E-state index >= 15 is 0 Å². The summed E-state index contributed by atoms with van der Waals surface area (Å²) in [6, 6.07) is 19.7. The molecule has 0 unspecified atom stereocenters. The molecule has 0 bridgehead atoms. The van der Waals surface area contributed by atoms with E-state index in [1.54, 1.807) is 48.5 Å². The van der Waals surface area contributed by atoms with Crippen LogP contribution in [0.5, 0.6) is 5.75 Å². The van der Waals surface area contributed by atoms with Gasteiger partial charge in [-0.25, -0.2) is 19.1 Å². The Morgan fingerprint density at radius 3 is 2.25 bits per heavy atom. The lowest BCUT2D eigenvalue weighted by atomic mass is 10.0. The number of aromatic nitrogens is 2. The number of urea groups is 1. The highest BCUT2D eigenvalue weighted by molar-refractivity contribution is 6.37. The summed E-state index contributed by atoms with van der Waals surface area (Å²) in [5.41, 5.74) is 0.561. The van der Waals surface area contributed by atoms with Crippen LogP contribution < -0.4 is 31.7 Å². The lowest BCUT2D eigenvalue weighted by Crippen LogP contribution is -2.54. The van der Waals surface area contributed by atoms with Crippen LogP contribution in [0.3, 0.4) is 0 Å². The Morgan fingerprint density at radius 1 is 0.896 bits per heavy atom. The van der Waals surface area contributed by atoms with Crippen LogP contribution in [0.15, 0.2) is 118 Å². The topological polar surface area (TPSA) is 193 Å². The van der Waals surface area contributed by atoms with Gasteiger partial charge in [-0.1, -0.05) is 42.5 Å². The first-order valence-corrected chi connectivity index (χ1v) is 14.2. The van der Waals surface area contributed by atoms with Gasteiger partial charge in [0.05, 0.1) is 16.9 Å². The van der Waals surface area contributed by atoms with Gasteiger partial charge >= 0.3 is 11.7 Å². The van der Waals surface area contributed by atoms with Crippen LogP contribution in [-0.4, -0.2) is 39.7 Å². The zero-order valence-corrected chi connectivity index (χ0v) is 25.1. The molecule has 4 N–H and O–H groups in total. The predicted octanol–water partition coefficient (Wildman–Crippen LogP) is 3.71. The number of imide groups is 2. The summed E-state index contributed by atoms with van der Waals surface area (Å²) in [6.45, 7) is 1.36. The average molecular weight is 647 g/mol. The molecular formula is C34H26N6O8. The fraction of sp³-hybridized carbons (Fsp3) is 0.0294. The van der Waals surface area contributed by atoms with Gasteiger partial charge in [0.2, 0.25) is 12.3 Å². The van der Waals surface area contributed by atoms with Gasteiger partial charge in [0.15, 0.2) is 5.75 Å². The molecule has 5 amide bonds.